The first-order chi connectivity index (χ1) is 6.27. The summed E-state index contributed by atoms with van der Waals surface area (Å²) in [5.74, 6) is 0. The van der Waals surface area contributed by atoms with Crippen LogP contribution in [0.3, 0.4) is 0 Å². The molecule has 0 heterocycles. The van der Waals surface area contributed by atoms with E-state index in [9.17, 15) is 0 Å². The van der Waals surface area contributed by atoms with Gasteiger partial charge in [0.15, 0.2) is 0 Å². The largest absolute Gasteiger partial charge is 1.00 e. The van der Waals surface area contributed by atoms with E-state index in [2.05, 4.69) is 49.7 Å². The molecular formula is C11H13Cl3PZr. The molecule has 1 unspecified atom stereocenters. The Morgan fingerprint density at radius 1 is 1.06 bits per heavy atom. The van der Waals surface area contributed by atoms with Gasteiger partial charge >= 0.3 is 92.4 Å². The zero-order chi connectivity index (χ0) is 9.26. The molecular weight excluding hydrogens is 361 g/mol. The van der Waals surface area contributed by atoms with Gasteiger partial charge in [0.1, 0.15) is 0 Å². The van der Waals surface area contributed by atoms with Crippen LogP contribution in [0.2, 0.25) is 0 Å². The summed E-state index contributed by atoms with van der Waals surface area (Å²) >= 11 is -0.187. The Balaban J connectivity index is 0. The number of rotatable bonds is 2. The van der Waals surface area contributed by atoms with Crippen molar-refractivity contribution >= 4 is 11.3 Å². The van der Waals surface area contributed by atoms with Crippen molar-refractivity contribution in [3.63, 3.8) is 0 Å². The predicted molar refractivity (Wildman–Crippen MR) is 57.0 cm³/mol. The standard InChI is InChI=1S/C9H7.C2H6P.3ClH.Zr/c1-2-5-9-7-3-6-8(9)4-1;1-3-2;;;;/h1-7H;1-2H3;3*1H;/q;-1;;;;+4/p-3. The van der Waals surface area contributed by atoms with Crippen LogP contribution in [0.5, 0.6) is 0 Å². The second-order valence-corrected chi connectivity index (χ2v) is 15.6. The van der Waals surface area contributed by atoms with E-state index in [1.807, 2.05) is 0 Å². The summed E-state index contributed by atoms with van der Waals surface area (Å²) in [7, 11) is 0. The summed E-state index contributed by atoms with van der Waals surface area (Å²) < 4.78 is 0.862. The number of fused-ring (bicyclic) bond motifs is 1. The van der Waals surface area contributed by atoms with E-state index >= 15 is 0 Å². The van der Waals surface area contributed by atoms with Crippen molar-refractivity contribution in [2.75, 3.05) is 13.3 Å². The Morgan fingerprint density at radius 2 is 1.69 bits per heavy atom. The summed E-state index contributed by atoms with van der Waals surface area (Å²) in [4.78, 5) is 0. The summed E-state index contributed by atoms with van der Waals surface area (Å²) in [5.41, 5.74) is 3.07. The van der Waals surface area contributed by atoms with E-state index in [1.54, 1.807) is 5.56 Å². The Labute approximate surface area is 128 Å². The predicted octanol–water partition coefficient (Wildman–Crippen LogP) is -5.49. The minimum Gasteiger partial charge on any atom is -1.00 e. The van der Waals surface area contributed by atoms with Gasteiger partial charge in [0.05, 0.1) is 0 Å². The molecule has 0 nitrogen and oxygen atoms in total. The van der Waals surface area contributed by atoms with Crippen LogP contribution in [-0.4, -0.2) is 13.3 Å². The third kappa shape index (κ3) is 4.79. The van der Waals surface area contributed by atoms with Gasteiger partial charge in [-0.3, -0.25) is 0 Å². The Hall–Kier alpha value is 1.14. The zero-order valence-electron chi connectivity index (χ0n) is 9.12. The average Bonchev–Trinajstić information content (AvgIpc) is 2.48. The van der Waals surface area contributed by atoms with Gasteiger partial charge in [0, 0.05) is 0 Å². The normalized spacial score (nSPS) is 15.3. The van der Waals surface area contributed by atoms with E-state index in [0.717, 1.165) is 3.63 Å². The molecule has 1 aromatic carbocycles. The van der Waals surface area contributed by atoms with Gasteiger partial charge in [-0.2, -0.15) is 0 Å². The molecule has 0 aromatic heterocycles. The Morgan fingerprint density at radius 3 is 2.31 bits per heavy atom. The second kappa shape index (κ2) is 9.12. The number of allylic oxidation sites excluding steroid dienone is 1. The van der Waals surface area contributed by atoms with Crippen molar-refractivity contribution in [2.24, 2.45) is 0 Å². The smallest absolute Gasteiger partial charge is 1.00 e. The molecule has 1 aromatic rings. The SMILES string of the molecule is C[P](C)[Zr+3][CH]1C=Cc2ccccc21.[Cl-].[Cl-].[Cl-]. The van der Waals surface area contributed by atoms with Crippen molar-refractivity contribution in [3.8, 4) is 0 Å². The van der Waals surface area contributed by atoms with Crippen molar-refractivity contribution in [2.45, 2.75) is 3.63 Å². The van der Waals surface area contributed by atoms with Crippen LogP contribution in [0.1, 0.15) is 14.8 Å². The van der Waals surface area contributed by atoms with Crippen LogP contribution in [0.25, 0.3) is 6.08 Å². The maximum Gasteiger partial charge on any atom is -1.00 e. The average molecular weight is 374 g/mol. The molecule has 0 N–H and O–H groups in total. The molecule has 0 saturated carbocycles. The van der Waals surface area contributed by atoms with Crippen LogP contribution < -0.4 is 37.2 Å². The third-order valence-electron chi connectivity index (χ3n) is 2.20. The monoisotopic (exact) mass is 371 g/mol. The van der Waals surface area contributed by atoms with Gasteiger partial charge in [0.2, 0.25) is 0 Å². The second-order valence-electron chi connectivity index (χ2n) is 3.49. The molecule has 16 heavy (non-hydrogen) atoms. The quantitative estimate of drug-likeness (QED) is 0.454. The van der Waals surface area contributed by atoms with Gasteiger partial charge in [-0.05, 0) is 0 Å². The summed E-state index contributed by atoms with van der Waals surface area (Å²) in [6, 6.07) is 8.85. The summed E-state index contributed by atoms with van der Waals surface area (Å²) in [6.45, 7) is 4.85. The van der Waals surface area contributed by atoms with Gasteiger partial charge in [-0.15, -0.1) is 0 Å². The fourth-order valence-electron chi connectivity index (χ4n) is 1.64. The fraction of sp³-hybridized carbons (Fsp3) is 0.273. The van der Waals surface area contributed by atoms with Crippen LogP contribution in [-0.2, 0) is 22.7 Å². The van der Waals surface area contributed by atoms with Crippen molar-refractivity contribution < 1.29 is 59.9 Å². The Kier molecular flexibility index (Phi) is 11.1. The van der Waals surface area contributed by atoms with Crippen molar-refractivity contribution in [1.29, 1.82) is 0 Å². The molecule has 0 aliphatic heterocycles. The molecule has 0 saturated heterocycles. The van der Waals surface area contributed by atoms with Crippen LogP contribution in [0.15, 0.2) is 30.3 Å². The first-order valence-electron chi connectivity index (χ1n) is 4.48. The van der Waals surface area contributed by atoms with Gasteiger partial charge in [-0.25, -0.2) is 0 Å². The zero-order valence-corrected chi connectivity index (χ0v) is 14.7. The number of hydrogen-bond donors (Lipinski definition) is 0. The third-order valence-corrected chi connectivity index (χ3v) is 10.1. The molecule has 0 amide bonds. The van der Waals surface area contributed by atoms with E-state index in [-0.39, 0.29) is 59.9 Å². The van der Waals surface area contributed by atoms with E-state index in [0.29, 0.717) is 5.21 Å². The fourth-order valence-corrected chi connectivity index (χ4v) is 9.07. The molecule has 0 spiro atoms. The van der Waals surface area contributed by atoms with Crippen LogP contribution >= 0.6 is 5.21 Å². The molecule has 1 atom stereocenters. The maximum absolute atomic E-state index is 2.43. The van der Waals surface area contributed by atoms with E-state index < -0.39 is 0 Å². The minimum absolute atomic E-state index is 0. The molecule has 5 heteroatoms. The molecule has 87 valence electrons. The minimum atomic E-state index is -0.187. The number of benzene rings is 1. The number of hydrogen-bond acceptors (Lipinski definition) is 0. The number of halogens is 3. The van der Waals surface area contributed by atoms with Crippen LogP contribution in [0, 0.1) is 0 Å². The molecule has 1 aliphatic rings. The van der Waals surface area contributed by atoms with Crippen molar-refractivity contribution in [1.82, 2.24) is 0 Å². The van der Waals surface area contributed by atoms with Crippen LogP contribution in [0.4, 0.5) is 0 Å². The molecule has 0 radical (unpaired) electrons. The first-order valence-corrected chi connectivity index (χ1v) is 11.4. The Bertz CT molecular complexity index is 342. The van der Waals surface area contributed by atoms with Gasteiger partial charge in [-0.1, -0.05) is 0 Å². The van der Waals surface area contributed by atoms with E-state index in [4.69, 9.17) is 0 Å². The summed E-state index contributed by atoms with van der Waals surface area (Å²) in [5, 5.41) is 0.383. The molecule has 2 rings (SSSR count). The molecule has 0 bridgehead atoms. The maximum atomic E-state index is 2.43. The topological polar surface area (TPSA) is 0 Å². The van der Waals surface area contributed by atoms with E-state index in [1.165, 1.54) is 5.56 Å². The molecule has 1 aliphatic carbocycles. The van der Waals surface area contributed by atoms with Gasteiger partial charge in [0.25, 0.3) is 0 Å². The van der Waals surface area contributed by atoms with Crippen molar-refractivity contribution in [3.05, 3.63) is 41.5 Å². The first kappa shape index (κ1) is 19.5. The molecule has 0 fully saturated rings. The van der Waals surface area contributed by atoms with Gasteiger partial charge < -0.3 is 37.2 Å². The summed E-state index contributed by atoms with van der Waals surface area (Å²) in [6.07, 6.45) is 4.73.